The maximum absolute atomic E-state index is 6.22. The number of ether oxygens (including phenoxy) is 1. The molecule has 0 atom stereocenters. The molecule has 4 heteroatoms. The molecule has 0 heterocycles. The number of rotatable bonds is 5. The van der Waals surface area contributed by atoms with E-state index in [-0.39, 0.29) is 6.10 Å². The largest absolute Gasteiger partial charge is 0.489 e. The molecule has 0 unspecified atom stereocenters. The molecule has 0 spiro atoms. The van der Waals surface area contributed by atoms with Gasteiger partial charge in [-0.25, -0.2) is 0 Å². The predicted octanol–water partition coefficient (Wildman–Crippen LogP) is 5.70. The van der Waals surface area contributed by atoms with Crippen molar-refractivity contribution in [1.29, 1.82) is 0 Å². The van der Waals surface area contributed by atoms with Crippen LogP contribution in [0.1, 0.15) is 25.0 Å². The van der Waals surface area contributed by atoms with Gasteiger partial charge in [0.2, 0.25) is 0 Å². The molecule has 2 rings (SSSR count). The van der Waals surface area contributed by atoms with Crippen LogP contribution in [0.25, 0.3) is 0 Å². The summed E-state index contributed by atoms with van der Waals surface area (Å²) in [6.45, 7) is 6.64. The van der Waals surface area contributed by atoms with E-state index in [0.717, 1.165) is 21.8 Å². The molecule has 21 heavy (non-hydrogen) atoms. The van der Waals surface area contributed by atoms with E-state index < -0.39 is 0 Å². The second-order valence-corrected chi connectivity index (χ2v) is 6.06. The first-order chi connectivity index (χ1) is 9.95. The molecule has 0 aliphatic heterocycles. The normalized spacial score (nSPS) is 10.8. The molecule has 1 N–H and O–H groups in total. The maximum Gasteiger partial charge on any atom is 0.138 e. The van der Waals surface area contributed by atoms with E-state index in [9.17, 15) is 0 Å². The molecule has 0 saturated carbocycles. The minimum atomic E-state index is 0.107. The Morgan fingerprint density at radius 3 is 2.43 bits per heavy atom. The summed E-state index contributed by atoms with van der Waals surface area (Å²) in [4.78, 5) is 0. The van der Waals surface area contributed by atoms with Crippen LogP contribution < -0.4 is 10.1 Å². The number of halogens is 2. The van der Waals surface area contributed by atoms with Gasteiger partial charge in [0, 0.05) is 17.3 Å². The molecule has 0 amide bonds. The first-order valence-corrected chi connectivity index (χ1v) is 7.66. The van der Waals surface area contributed by atoms with E-state index in [4.69, 9.17) is 27.9 Å². The molecule has 0 radical (unpaired) electrons. The monoisotopic (exact) mass is 323 g/mol. The number of hydrogen-bond donors (Lipinski definition) is 1. The van der Waals surface area contributed by atoms with Gasteiger partial charge in [-0.15, -0.1) is 0 Å². The molecule has 0 bridgehead atoms. The number of nitrogens with one attached hydrogen (secondary N) is 1. The lowest BCUT2D eigenvalue weighted by atomic mass is 10.1. The summed E-state index contributed by atoms with van der Waals surface area (Å²) < 4.78 is 5.61. The van der Waals surface area contributed by atoms with Crippen LogP contribution in [0.3, 0.4) is 0 Å². The highest BCUT2D eigenvalue weighted by atomic mass is 35.5. The van der Waals surface area contributed by atoms with Crippen LogP contribution in [-0.2, 0) is 6.54 Å². The van der Waals surface area contributed by atoms with Crippen LogP contribution in [0.2, 0.25) is 10.0 Å². The van der Waals surface area contributed by atoms with Gasteiger partial charge < -0.3 is 10.1 Å². The van der Waals surface area contributed by atoms with E-state index in [2.05, 4.69) is 11.4 Å². The summed E-state index contributed by atoms with van der Waals surface area (Å²) in [5.41, 5.74) is 3.16. The van der Waals surface area contributed by atoms with Gasteiger partial charge in [0.1, 0.15) is 5.75 Å². The van der Waals surface area contributed by atoms with Gasteiger partial charge in [-0.05, 0) is 56.2 Å². The summed E-state index contributed by atoms with van der Waals surface area (Å²) in [5, 5.41) is 4.72. The third-order valence-electron chi connectivity index (χ3n) is 3.03. The van der Waals surface area contributed by atoms with Gasteiger partial charge in [-0.1, -0.05) is 35.3 Å². The fraction of sp³-hybridized carbons (Fsp3) is 0.294. The average Bonchev–Trinajstić information content (AvgIpc) is 2.42. The van der Waals surface area contributed by atoms with Crippen LogP contribution in [0, 0.1) is 6.92 Å². The Labute approximate surface area is 136 Å². The van der Waals surface area contributed by atoms with E-state index in [1.807, 2.05) is 51.1 Å². The summed E-state index contributed by atoms with van der Waals surface area (Å²) in [7, 11) is 0. The summed E-state index contributed by atoms with van der Waals surface area (Å²) in [6.07, 6.45) is 0.107. The molecular weight excluding hydrogens is 305 g/mol. The predicted molar refractivity (Wildman–Crippen MR) is 90.7 cm³/mol. The van der Waals surface area contributed by atoms with Crippen LogP contribution in [0.5, 0.6) is 5.75 Å². The Balaban J connectivity index is 2.03. The van der Waals surface area contributed by atoms with Crippen molar-refractivity contribution in [2.45, 2.75) is 33.4 Å². The minimum absolute atomic E-state index is 0.107. The van der Waals surface area contributed by atoms with Gasteiger partial charge in [0.25, 0.3) is 0 Å². The first-order valence-electron chi connectivity index (χ1n) is 6.91. The van der Waals surface area contributed by atoms with Crippen LogP contribution in [-0.4, -0.2) is 6.10 Å². The second-order valence-electron chi connectivity index (χ2n) is 5.25. The lowest BCUT2D eigenvalue weighted by Gasteiger charge is -2.13. The minimum Gasteiger partial charge on any atom is -0.489 e. The lowest BCUT2D eigenvalue weighted by molar-refractivity contribution is 0.242. The van der Waals surface area contributed by atoms with Crippen LogP contribution >= 0.6 is 23.2 Å². The second kappa shape index (κ2) is 7.06. The quantitative estimate of drug-likeness (QED) is 0.761. The Hall–Kier alpha value is -1.38. The van der Waals surface area contributed by atoms with Gasteiger partial charge in [0.05, 0.1) is 11.1 Å². The van der Waals surface area contributed by atoms with Crippen molar-refractivity contribution in [2.75, 3.05) is 5.32 Å². The number of benzene rings is 2. The van der Waals surface area contributed by atoms with Crippen molar-refractivity contribution in [2.24, 2.45) is 0 Å². The molecular formula is C17H19Cl2NO. The topological polar surface area (TPSA) is 21.3 Å². The highest BCUT2D eigenvalue weighted by molar-refractivity contribution is 6.32. The van der Waals surface area contributed by atoms with Crippen molar-refractivity contribution < 1.29 is 4.74 Å². The molecule has 2 aromatic rings. The number of hydrogen-bond acceptors (Lipinski definition) is 2. The molecule has 0 aromatic heterocycles. The Morgan fingerprint density at radius 2 is 1.81 bits per heavy atom. The zero-order valence-corrected chi connectivity index (χ0v) is 13.9. The van der Waals surface area contributed by atoms with Crippen molar-refractivity contribution in [3.05, 3.63) is 57.6 Å². The average molecular weight is 324 g/mol. The lowest BCUT2D eigenvalue weighted by Crippen LogP contribution is -2.06. The van der Waals surface area contributed by atoms with E-state index >= 15 is 0 Å². The third-order valence-corrected chi connectivity index (χ3v) is 3.73. The van der Waals surface area contributed by atoms with Crippen LogP contribution in [0.4, 0.5) is 5.69 Å². The van der Waals surface area contributed by atoms with Crippen molar-refractivity contribution >= 4 is 28.9 Å². The van der Waals surface area contributed by atoms with Gasteiger partial charge in [0.15, 0.2) is 0 Å². The fourth-order valence-electron chi connectivity index (χ4n) is 1.91. The summed E-state index contributed by atoms with van der Waals surface area (Å²) in [6, 6.07) is 11.8. The number of anilines is 1. The molecule has 0 fully saturated rings. The van der Waals surface area contributed by atoms with E-state index in [1.54, 1.807) is 0 Å². The molecule has 0 aliphatic rings. The Morgan fingerprint density at radius 1 is 1.05 bits per heavy atom. The van der Waals surface area contributed by atoms with E-state index in [0.29, 0.717) is 17.3 Å². The van der Waals surface area contributed by atoms with Gasteiger partial charge in [-0.3, -0.25) is 0 Å². The van der Waals surface area contributed by atoms with Gasteiger partial charge >= 0.3 is 0 Å². The standard InChI is InChI=1S/C17H19Cl2NO/c1-11(2)21-17-7-6-14(9-16(17)19)20-10-13-5-4-12(3)15(18)8-13/h4-9,11,20H,10H2,1-3H3. The zero-order chi connectivity index (χ0) is 15.4. The Kier molecular flexibility index (Phi) is 5.38. The Bertz CT molecular complexity index is 626. The maximum atomic E-state index is 6.22. The van der Waals surface area contributed by atoms with Crippen molar-refractivity contribution in [1.82, 2.24) is 0 Å². The third kappa shape index (κ3) is 4.55. The summed E-state index contributed by atoms with van der Waals surface area (Å²) in [5.74, 6) is 0.704. The SMILES string of the molecule is Cc1ccc(CNc2ccc(OC(C)C)c(Cl)c2)cc1Cl. The van der Waals surface area contributed by atoms with Crippen LogP contribution in [0.15, 0.2) is 36.4 Å². The van der Waals surface area contributed by atoms with E-state index in [1.165, 1.54) is 0 Å². The summed E-state index contributed by atoms with van der Waals surface area (Å²) >= 11 is 12.3. The molecule has 2 aromatic carbocycles. The molecule has 2 nitrogen and oxygen atoms in total. The highest BCUT2D eigenvalue weighted by Crippen LogP contribution is 2.28. The van der Waals surface area contributed by atoms with Gasteiger partial charge in [-0.2, -0.15) is 0 Å². The van der Waals surface area contributed by atoms with Crippen molar-refractivity contribution in [3.8, 4) is 5.75 Å². The molecule has 0 saturated heterocycles. The highest BCUT2D eigenvalue weighted by Gasteiger charge is 2.05. The number of aryl methyl sites for hydroxylation is 1. The van der Waals surface area contributed by atoms with Crippen molar-refractivity contribution in [3.63, 3.8) is 0 Å². The smallest absolute Gasteiger partial charge is 0.138 e. The zero-order valence-electron chi connectivity index (χ0n) is 12.4. The molecule has 112 valence electrons. The fourth-order valence-corrected chi connectivity index (χ4v) is 2.34. The molecule has 0 aliphatic carbocycles. The first kappa shape index (κ1) is 16.0.